The number of aromatic amines is 1. The van der Waals surface area contributed by atoms with Gasteiger partial charge in [-0.25, -0.2) is 14.6 Å². The molecule has 1 saturated carbocycles. The third-order valence-corrected chi connectivity index (χ3v) is 8.88. The van der Waals surface area contributed by atoms with E-state index in [4.69, 9.17) is 25.8 Å². The minimum absolute atomic E-state index is 0.0328. The van der Waals surface area contributed by atoms with Crippen molar-refractivity contribution in [2.45, 2.75) is 55.7 Å². The van der Waals surface area contributed by atoms with Crippen molar-refractivity contribution in [3.8, 4) is 11.5 Å². The van der Waals surface area contributed by atoms with E-state index < -0.39 is 17.5 Å². The van der Waals surface area contributed by atoms with E-state index in [9.17, 15) is 19.8 Å². The maximum Gasteiger partial charge on any atom is 0.349 e. The number of halogens is 1. The van der Waals surface area contributed by atoms with Crippen molar-refractivity contribution in [1.29, 1.82) is 0 Å². The predicted molar refractivity (Wildman–Crippen MR) is 147 cm³/mol. The highest BCUT2D eigenvalue weighted by molar-refractivity contribution is 8.03. The molecule has 0 amide bonds. The summed E-state index contributed by atoms with van der Waals surface area (Å²) in [6.45, 7) is 0. The molecular formula is C28H29ClN2O7S. The Morgan fingerprint density at radius 2 is 1.95 bits per heavy atom. The molecule has 1 unspecified atom stereocenters. The lowest BCUT2D eigenvalue weighted by molar-refractivity contribution is -0.166. The number of carboxylic acid groups (broad SMARTS) is 1. The van der Waals surface area contributed by atoms with Gasteiger partial charge in [0.1, 0.15) is 27.8 Å². The molecule has 3 aromatic rings. The lowest BCUT2D eigenvalue weighted by atomic mass is 9.77. The average Bonchev–Trinajstić information content (AvgIpc) is 3.59. The molecule has 1 fully saturated rings. The number of hydrogen-bond acceptors (Lipinski definition) is 8. The molecule has 0 saturated heterocycles. The van der Waals surface area contributed by atoms with Gasteiger partial charge < -0.3 is 29.4 Å². The number of nitrogens with zero attached hydrogens (tertiary/aromatic N) is 1. The second-order valence-electron chi connectivity index (χ2n) is 9.87. The molecule has 1 atom stereocenters. The zero-order valence-electron chi connectivity index (χ0n) is 21.6. The zero-order valence-corrected chi connectivity index (χ0v) is 23.2. The van der Waals surface area contributed by atoms with Gasteiger partial charge in [-0.2, -0.15) is 0 Å². The van der Waals surface area contributed by atoms with Gasteiger partial charge in [-0.3, -0.25) is 0 Å². The Hall–Kier alpha value is -3.37. The Morgan fingerprint density at radius 1 is 1.21 bits per heavy atom. The summed E-state index contributed by atoms with van der Waals surface area (Å²) in [5.74, 6) is -0.410. The number of imidazole rings is 1. The number of aliphatic hydroxyl groups is 1. The largest absolute Gasteiger partial charge is 0.511 e. The number of carbonyl (C=O) groups is 2. The van der Waals surface area contributed by atoms with Crippen LogP contribution >= 0.6 is 23.4 Å². The number of cyclic esters (lactones) is 1. The van der Waals surface area contributed by atoms with Crippen LogP contribution in [0.4, 0.5) is 0 Å². The van der Waals surface area contributed by atoms with Crippen LogP contribution in [0.1, 0.15) is 54.4 Å². The SMILES string of the molecule is COc1cc(OC)c(CCC2(C3CCCC3)CC(O)=C(Sc3nc4ccc(C(=O)O)cc4[nH]3)C(=O)O2)cc1Cl. The molecule has 1 aliphatic heterocycles. The topological polar surface area (TPSA) is 131 Å². The number of hydrogen-bond donors (Lipinski definition) is 3. The number of fused-ring (bicyclic) bond motifs is 1. The van der Waals surface area contributed by atoms with Gasteiger partial charge in [0.05, 0.1) is 35.8 Å². The number of carbonyl (C=O) groups excluding carboxylic acids is 1. The van der Waals surface area contributed by atoms with E-state index in [2.05, 4.69) is 9.97 Å². The van der Waals surface area contributed by atoms with Crippen LogP contribution in [0, 0.1) is 5.92 Å². The lowest BCUT2D eigenvalue weighted by Crippen LogP contribution is -2.45. The number of carboxylic acids is 1. The van der Waals surface area contributed by atoms with Crippen molar-refractivity contribution in [1.82, 2.24) is 9.97 Å². The molecule has 0 bridgehead atoms. The molecule has 206 valence electrons. The monoisotopic (exact) mass is 572 g/mol. The number of thioether (sulfide) groups is 1. The quantitative estimate of drug-likeness (QED) is 0.253. The molecule has 9 nitrogen and oxygen atoms in total. The standard InChI is InChI=1S/C28H29ClN2O7S/c1-36-22-13-23(37-2)18(29)11-15(22)9-10-28(17-5-3-4-6-17)14-21(32)24(26(35)38-28)39-27-30-19-8-7-16(25(33)34)12-20(19)31-27/h7-8,11-13,17,32H,3-6,9-10,14H2,1-2H3,(H,30,31)(H,33,34). The normalized spacial score (nSPS) is 19.9. The summed E-state index contributed by atoms with van der Waals surface area (Å²) in [5.41, 5.74) is 1.21. The number of methoxy groups -OCH3 is 2. The number of benzene rings is 2. The number of H-pyrrole nitrogens is 1. The Balaban J connectivity index is 1.41. The van der Waals surface area contributed by atoms with Crippen LogP contribution in [0.15, 0.2) is 46.2 Å². The van der Waals surface area contributed by atoms with Crippen molar-refractivity contribution in [2.24, 2.45) is 5.92 Å². The molecule has 0 radical (unpaired) electrons. The maximum atomic E-state index is 13.4. The first-order valence-corrected chi connectivity index (χ1v) is 13.9. The molecule has 2 heterocycles. The van der Waals surface area contributed by atoms with Crippen LogP contribution in [-0.4, -0.2) is 51.9 Å². The molecule has 2 aliphatic rings. The second kappa shape index (κ2) is 11.0. The van der Waals surface area contributed by atoms with Crippen molar-refractivity contribution in [3.63, 3.8) is 0 Å². The predicted octanol–water partition coefficient (Wildman–Crippen LogP) is 6.30. The number of esters is 1. The molecule has 2 aromatic carbocycles. The highest BCUT2D eigenvalue weighted by Crippen LogP contribution is 2.48. The fourth-order valence-corrected chi connectivity index (χ4v) is 6.68. The van der Waals surface area contributed by atoms with E-state index in [1.54, 1.807) is 32.4 Å². The molecule has 5 rings (SSSR count). The van der Waals surface area contributed by atoms with E-state index in [0.29, 0.717) is 45.6 Å². The summed E-state index contributed by atoms with van der Waals surface area (Å²) >= 11 is 7.36. The Kier molecular flexibility index (Phi) is 7.68. The molecule has 1 aliphatic carbocycles. The van der Waals surface area contributed by atoms with Crippen LogP contribution in [-0.2, 0) is 16.0 Å². The summed E-state index contributed by atoms with van der Waals surface area (Å²) in [4.78, 5) is 32.2. The maximum absolute atomic E-state index is 13.4. The number of aromatic carboxylic acids is 1. The van der Waals surface area contributed by atoms with Gasteiger partial charge in [-0.05, 0) is 73.2 Å². The van der Waals surface area contributed by atoms with Gasteiger partial charge in [0, 0.05) is 12.5 Å². The first kappa shape index (κ1) is 27.2. The van der Waals surface area contributed by atoms with Gasteiger partial charge in [-0.1, -0.05) is 24.4 Å². The minimum atomic E-state index is -1.05. The second-order valence-corrected chi connectivity index (χ2v) is 11.3. The van der Waals surface area contributed by atoms with Gasteiger partial charge in [0.15, 0.2) is 5.16 Å². The van der Waals surface area contributed by atoms with Gasteiger partial charge >= 0.3 is 11.9 Å². The van der Waals surface area contributed by atoms with Gasteiger partial charge in [0.25, 0.3) is 0 Å². The zero-order chi connectivity index (χ0) is 27.7. The summed E-state index contributed by atoms with van der Waals surface area (Å²) in [5, 5.41) is 21.2. The Labute approximate surface area is 234 Å². The molecule has 1 aromatic heterocycles. The minimum Gasteiger partial charge on any atom is -0.511 e. The fourth-order valence-electron chi connectivity index (χ4n) is 5.60. The summed E-state index contributed by atoms with van der Waals surface area (Å²) in [7, 11) is 3.12. The average molecular weight is 573 g/mol. The van der Waals surface area contributed by atoms with Crippen LogP contribution in [0.5, 0.6) is 11.5 Å². The molecule has 3 N–H and O–H groups in total. The number of nitrogens with one attached hydrogen (secondary N) is 1. The summed E-state index contributed by atoms with van der Waals surface area (Å²) < 4.78 is 17.1. The Morgan fingerprint density at radius 3 is 2.62 bits per heavy atom. The lowest BCUT2D eigenvalue weighted by Gasteiger charge is -2.41. The summed E-state index contributed by atoms with van der Waals surface area (Å²) in [6.07, 6.45) is 5.14. The Bertz CT molecular complexity index is 1460. The number of aliphatic hydroxyl groups excluding tert-OH is 1. The number of rotatable bonds is 9. The number of aryl methyl sites for hydroxylation is 1. The molecule has 0 spiro atoms. The first-order chi connectivity index (χ1) is 18.7. The highest BCUT2D eigenvalue weighted by atomic mass is 35.5. The highest BCUT2D eigenvalue weighted by Gasteiger charge is 2.48. The van der Waals surface area contributed by atoms with Crippen LogP contribution < -0.4 is 9.47 Å². The van der Waals surface area contributed by atoms with E-state index in [0.717, 1.165) is 43.0 Å². The van der Waals surface area contributed by atoms with E-state index in [1.807, 2.05) is 0 Å². The number of ether oxygens (including phenoxy) is 3. The van der Waals surface area contributed by atoms with Crippen LogP contribution in [0.2, 0.25) is 5.02 Å². The van der Waals surface area contributed by atoms with Crippen molar-refractivity contribution >= 4 is 46.3 Å². The fraction of sp³-hybridized carbons (Fsp3) is 0.393. The van der Waals surface area contributed by atoms with E-state index in [-0.39, 0.29) is 28.6 Å². The third-order valence-electron chi connectivity index (χ3n) is 7.59. The van der Waals surface area contributed by atoms with Crippen molar-refractivity contribution in [2.75, 3.05) is 14.2 Å². The van der Waals surface area contributed by atoms with Gasteiger partial charge in [0.2, 0.25) is 0 Å². The van der Waals surface area contributed by atoms with Crippen molar-refractivity contribution < 1.29 is 34.0 Å². The molecule has 39 heavy (non-hydrogen) atoms. The third kappa shape index (κ3) is 5.40. The van der Waals surface area contributed by atoms with Gasteiger partial charge in [-0.15, -0.1) is 0 Å². The first-order valence-electron chi connectivity index (χ1n) is 12.7. The van der Waals surface area contributed by atoms with E-state index >= 15 is 0 Å². The molecular weight excluding hydrogens is 544 g/mol. The summed E-state index contributed by atoms with van der Waals surface area (Å²) in [6, 6.07) is 8.09. The van der Waals surface area contributed by atoms with Crippen molar-refractivity contribution in [3.05, 3.63) is 57.1 Å². The number of aromatic nitrogens is 2. The molecule has 11 heteroatoms. The smallest absolute Gasteiger partial charge is 0.349 e. The van der Waals surface area contributed by atoms with Crippen LogP contribution in [0.3, 0.4) is 0 Å². The van der Waals surface area contributed by atoms with Crippen LogP contribution in [0.25, 0.3) is 11.0 Å². The van der Waals surface area contributed by atoms with E-state index in [1.165, 1.54) is 12.1 Å².